The summed E-state index contributed by atoms with van der Waals surface area (Å²) in [6.07, 6.45) is 5.01. The van der Waals surface area contributed by atoms with Gasteiger partial charge in [-0.25, -0.2) is 0 Å². The van der Waals surface area contributed by atoms with Crippen molar-refractivity contribution in [1.82, 2.24) is 5.32 Å². The first-order valence-electron chi connectivity index (χ1n) is 4.47. The van der Waals surface area contributed by atoms with Crippen molar-refractivity contribution in [2.75, 3.05) is 7.05 Å². The Morgan fingerprint density at radius 3 is 2.64 bits per heavy atom. The highest BCUT2D eigenvalue weighted by molar-refractivity contribution is 5.88. The molecule has 2 nitrogen and oxygen atoms in total. The van der Waals surface area contributed by atoms with E-state index in [1.54, 1.807) is 0 Å². The first kappa shape index (κ1) is 8.72. The van der Waals surface area contributed by atoms with Crippen LogP contribution in [0.4, 0.5) is 0 Å². The van der Waals surface area contributed by atoms with Crippen molar-refractivity contribution in [1.29, 1.82) is 0 Å². The van der Waals surface area contributed by atoms with Crippen LogP contribution in [0, 0.1) is 0 Å². The number of likely N-dealkylation sites (N-methyl/N-ethyl adjacent to an activating group) is 1. The SMILES string of the molecule is CC[C@]1(NC)CCCCC1=O. The molecule has 2 heteroatoms. The van der Waals surface area contributed by atoms with Gasteiger partial charge in [0.1, 0.15) is 0 Å². The van der Waals surface area contributed by atoms with Crippen molar-refractivity contribution in [2.24, 2.45) is 0 Å². The van der Waals surface area contributed by atoms with Crippen molar-refractivity contribution in [3.05, 3.63) is 0 Å². The van der Waals surface area contributed by atoms with Crippen LogP contribution in [-0.4, -0.2) is 18.4 Å². The van der Waals surface area contributed by atoms with Crippen LogP contribution >= 0.6 is 0 Å². The van der Waals surface area contributed by atoms with Gasteiger partial charge >= 0.3 is 0 Å². The van der Waals surface area contributed by atoms with Gasteiger partial charge < -0.3 is 5.32 Å². The summed E-state index contributed by atoms with van der Waals surface area (Å²) < 4.78 is 0. The van der Waals surface area contributed by atoms with E-state index in [1.807, 2.05) is 7.05 Å². The lowest BCUT2D eigenvalue weighted by molar-refractivity contribution is -0.127. The second-order valence-corrected chi connectivity index (χ2v) is 3.32. The number of nitrogens with one attached hydrogen (secondary N) is 1. The number of Topliss-reactive ketones (excluding diaryl/α,β-unsaturated/α-hetero) is 1. The first-order valence-corrected chi connectivity index (χ1v) is 4.47. The Morgan fingerprint density at radius 1 is 1.55 bits per heavy atom. The van der Waals surface area contributed by atoms with Gasteiger partial charge in [0.2, 0.25) is 0 Å². The van der Waals surface area contributed by atoms with Crippen LogP contribution in [0.3, 0.4) is 0 Å². The lowest BCUT2D eigenvalue weighted by Crippen LogP contribution is -2.51. The molecule has 0 radical (unpaired) electrons. The van der Waals surface area contributed by atoms with Crippen LogP contribution in [0.15, 0.2) is 0 Å². The molecule has 1 aliphatic carbocycles. The molecule has 0 aliphatic heterocycles. The predicted molar refractivity (Wildman–Crippen MR) is 45.6 cm³/mol. The lowest BCUT2D eigenvalue weighted by atomic mass is 9.79. The molecule has 0 aromatic rings. The van der Waals surface area contributed by atoms with Crippen molar-refractivity contribution in [2.45, 2.75) is 44.6 Å². The maximum absolute atomic E-state index is 11.5. The highest BCUT2D eigenvalue weighted by Crippen LogP contribution is 2.27. The Balaban J connectivity index is 2.69. The molecule has 64 valence electrons. The topological polar surface area (TPSA) is 29.1 Å². The Bertz CT molecular complexity index is 150. The van der Waals surface area contributed by atoms with Crippen LogP contribution in [-0.2, 0) is 4.79 Å². The molecule has 0 saturated heterocycles. The van der Waals surface area contributed by atoms with Crippen LogP contribution in [0.1, 0.15) is 39.0 Å². The zero-order valence-corrected chi connectivity index (χ0v) is 7.44. The number of rotatable bonds is 2. The largest absolute Gasteiger partial charge is 0.308 e. The van der Waals surface area contributed by atoms with Gasteiger partial charge in [-0.05, 0) is 26.3 Å². The van der Waals surface area contributed by atoms with Crippen molar-refractivity contribution >= 4 is 5.78 Å². The Labute approximate surface area is 68.4 Å². The molecular weight excluding hydrogens is 138 g/mol. The van der Waals surface area contributed by atoms with E-state index in [9.17, 15) is 4.79 Å². The number of hydrogen-bond donors (Lipinski definition) is 1. The third kappa shape index (κ3) is 1.45. The van der Waals surface area contributed by atoms with E-state index in [-0.39, 0.29) is 5.54 Å². The Morgan fingerprint density at radius 2 is 2.27 bits per heavy atom. The molecule has 0 spiro atoms. The highest BCUT2D eigenvalue weighted by Gasteiger charge is 2.35. The van der Waals surface area contributed by atoms with Gasteiger partial charge in [0.25, 0.3) is 0 Å². The number of hydrogen-bond acceptors (Lipinski definition) is 2. The maximum Gasteiger partial charge on any atom is 0.152 e. The zero-order valence-electron chi connectivity index (χ0n) is 7.44. The number of carbonyl (C=O) groups excluding carboxylic acids is 1. The van der Waals surface area contributed by atoms with E-state index in [4.69, 9.17) is 0 Å². The molecule has 1 saturated carbocycles. The average molecular weight is 155 g/mol. The van der Waals surface area contributed by atoms with Crippen LogP contribution in [0.5, 0.6) is 0 Å². The van der Waals surface area contributed by atoms with Gasteiger partial charge in [0.15, 0.2) is 5.78 Å². The average Bonchev–Trinajstić information content (AvgIpc) is 2.06. The summed E-state index contributed by atoms with van der Waals surface area (Å²) in [4.78, 5) is 11.5. The Hall–Kier alpha value is -0.370. The first-order chi connectivity index (χ1) is 5.25. The summed E-state index contributed by atoms with van der Waals surface area (Å²) in [7, 11) is 1.90. The van der Waals surface area contributed by atoms with E-state index < -0.39 is 0 Å². The van der Waals surface area contributed by atoms with Crippen molar-refractivity contribution in [3.8, 4) is 0 Å². The van der Waals surface area contributed by atoms with E-state index in [0.29, 0.717) is 5.78 Å². The maximum atomic E-state index is 11.5. The van der Waals surface area contributed by atoms with E-state index >= 15 is 0 Å². The minimum absolute atomic E-state index is 0.168. The van der Waals surface area contributed by atoms with Gasteiger partial charge in [-0.2, -0.15) is 0 Å². The summed E-state index contributed by atoms with van der Waals surface area (Å²) >= 11 is 0. The molecular formula is C9H17NO. The third-order valence-corrected chi connectivity index (χ3v) is 2.87. The van der Waals surface area contributed by atoms with Gasteiger partial charge in [-0.15, -0.1) is 0 Å². The highest BCUT2D eigenvalue weighted by atomic mass is 16.1. The van der Waals surface area contributed by atoms with E-state index in [2.05, 4.69) is 12.2 Å². The summed E-state index contributed by atoms with van der Waals surface area (Å²) in [5.41, 5.74) is -0.168. The van der Waals surface area contributed by atoms with Gasteiger partial charge in [0.05, 0.1) is 5.54 Å². The zero-order chi connectivity index (χ0) is 8.32. The minimum Gasteiger partial charge on any atom is -0.308 e. The number of carbonyl (C=O) groups is 1. The van der Waals surface area contributed by atoms with Crippen LogP contribution in [0.25, 0.3) is 0 Å². The molecule has 1 atom stereocenters. The standard InChI is InChI=1S/C9H17NO/c1-3-9(10-2)7-5-4-6-8(9)11/h10H,3-7H2,1-2H3/t9-/m0/s1. The number of ketones is 1. The molecule has 0 heterocycles. The molecule has 11 heavy (non-hydrogen) atoms. The normalized spacial score (nSPS) is 32.4. The van der Waals surface area contributed by atoms with E-state index in [1.165, 1.54) is 6.42 Å². The molecule has 0 aromatic carbocycles. The van der Waals surface area contributed by atoms with Crippen molar-refractivity contribution in [3.63, 3.8) is 0 Å². The molecule has 0 bridgehead atoms. The fourth-order valence-corrected chi connectivity index (χ4v) is 1.91. The van der Waals surface area contributed by atoms with Crippen LogP contribution < -0.4 is 5.32 Å². The molecule has 1 fully saturated rings. The van der Waals surface area contributed by atoms with Gasteiger partial charge in [-0.3, -0.25) is 4.79 Å². The molecule has 0 amide bonds. The quantitative estimate of drug-likeness (QED) is 0.654. The third-order valence-electron chi connectivity index (χ3n) is 2.87. The molecule has 1 aliphatic rings. The lowest BCUT2D eigenvalue weighted by Gasteiger charge is -2.34. The summed E-state index contributed by atoms with van der Waals surface area (Å²) in [6.45, 7) is 2.08. The molecule has 1 N–H and O–H groups in total. The summed E-state index contributed by atoms with van der Waals surface area (Å²) in [5.74, 6) is 0.411. The fourth-order valence-electron chi connectivity index (χ4n) is 1.91. The van der Waals surface area contributed by atoms with Crippen molar-refractivity contribution < 1.29 is 4.79 Å². The minimum atomic E-state index is -0.168. The smallest absolute Gasteiger partial charge is 0.152 e. The second-order valence-electron chi connectivity index (χ2n) is 3.32. The predicted octanol–water partition coefficient (Wildman–Crippen LogP) is 1.50. The summed E-state index contributed by atoms with van der Waals surface area (Å²) in [5, 5.41) is 3.17. The monoisotopic (exact) mass is 155 g/mol. The second kappa shape index (κ2) is 3.35. The van der Waals surface area contributed by atoms with Gasteiger partial charge in [0, 0.05) is 6.42 Å². The fraction of sp³-hybridized carbons (Fsp3) is 0.889. The van der Waals surface area contributed by atoms with Crippen LogP contribution in [0.2, 0.25) is 0 Å². The molecule has 0 unspecified atom stereocenters. The molecule has 1 rings (SSSR count). The van der Waals surface area contributed by atoms with E-state index in [0.717, 1.165) is 25.7 Å². The molecule has 0 aromatic heterocycles. The van der Waals surface area contributed by atoms with Gasteiger partial charge in [-0.1, -0.05) is 13.3 Å². The Kier molecular flexibility index (Phi) is 2.66. The summed E-state index contributed by atoms with van der Waals surface area (Å²) in [6, 6.07) is 0.